The monoisotopic (exact) mass is 306 g/mol. The van der Waals surface area contributed by atoms with Gasteiger partial charge in [0.15, 0.2) is 0 Å². The number of rotatable bonds is 3. The summed E-state index contributed by atoms with van der Waals surface area (Å²) in [5.41, 5.74) is 0. The summed E-state index contributed by atoms with van der Waals surface area (Å²) in [7, 11) is 0. The molecule has 0 spiro atoms. The van der Waals surface area contributed by atoms with Crippen molar-refractivity contribution in [2.45, 2.75) is 64.5 Å². The van der Waals surface area contributed by atoms with Gasteiger partial charge in [-0.1, -0.05) is 20.3 Å². The van der Waals surface area contributed by atoms with Crippen LogP contribution < -0.4 is 5.32 Å². The minimum absolute atomic E-state index is 0.00278. The number of nitrogens with zero attached hydrogens (tertiary/aromatic N) is 3. The summed E-state index contributed by atoms with van der Waals surface area (Å²) >= 11 is 0. The van der Waals surface area contributed by atoms with Crippen LogP contribution in [-0.2, 0) is 4.79 Å². The fourth-order valence-corrected chi connectivity index (χ4v) is 3.37. The Morgan fingerprint density at radius 2 is 1.95 bits per heavy atom. The predicted octanol–water partition coefficient (Wildman–Crippen LogP) is 2.59. The molecule has 2 aliphatic heterocycles. The fraction of sp³-hybridized carbons (Fsp3) is 0.812. The molecule has 1 aromatic rings. The van der Waals surface area contributed by atoms with Crippen LogP contribution in [0, 0.1) is 5.92 Å². The molecule has 0 unspecified atom stereocenters. The first-order valence-electron chi connectivity index (χ1n) is 8.54. The highest BCUT2D eigenvalue weighted by molar-refractivity contribution is 5.78. The van der Waals surface area contributed by atoms with Crippen LogP contribution >= 0.6 is 0 Å². The van der Waals surface area contributed by atoms with Crippen molar-refractivity contribution in [3.05, 3.63) is 11.8 Å². The minimum Gasteiger partial charge on any atom is -0.421 e. The Hall–Kier alpha value is -1.43. The van der Waals surface area contributed by atoms with Crippen molar-refractivity contribution >= 4 is 5.91 Å². The molecular weight excluding hydrogens is 280 g/mol. The van der Waals surface area contributed by atoms with E-state index in [1.165, 1.54) is 12.8 Å². The highest BCUT2D eigenvalue weighted by Crippen LogP contribution is 2.32. The second-order valence-electron chi connectivity index (χ2n) is 6.68. The number of carbonyl (C=O) groups excluding carboxylic acids is 1. The molecule has 3 heterocycles. The Morgan fingerprint density at radius 3 is 2.68 bits per heavy atom. The molecule has 0 bridgehead atoms. The maximum absolute atomic E-state index is 12.4. The Balaban J connectivity index is 1.76. The van der Waals surface area contributed by atoms with E-state index in [2.05, 4.69) is 15.5 Å². The molecule has 0 saturated carbocycles. The first-order chi connectivity index (χ1) is 10.7. The molecule has 6 nitrogen and oxygen atoms in total. The van der Waals surface area contributed by atoms with Crippen LogP contribution in [0.1, 0.15) is 76.2 Å². The quantitative estimate of drug-likeness (QED) is 0.929. The van der Waals surface area contributed by atoms with Gasteiger partial charge >= 0.3 is 0 Å². The smallest absolute Gasteiger partial charge is 0.239 e. The predicted molar refractivity (Wildman–Crippen MR) is 82.0 cm³/mol. The van der Waals surface area contributed by atoms with Crippen molar-refractivity contribution in [2.75, 3.05) is 13.1 Å². The third-order valence-electron chi connectivity index (χ3n) is 4.63. The van der Waals surface area contributed by atoms with Gasteiger partial charge in [-0.2, -0.15) is 0 Å². The summed E-state index contributed by atoms with van der Waals surface area (Å²) in [6.07, 6.45) is 6.51. The molecule has 22 heavy (non-hydrogen) atoms. The van der Waals surface area contributed by atoms with Crippen LogP contribution in [0.4, 0.5) is 0 Å². The molecular formula is C16H26N4O2. The zero-order valence-electron chi connectivity index (χ0n) is 13.5. The molecule has 2 aliphatic rings. The standard InChI is InChI=1S/C16H26N4O2/c1-11(2)16(21)20-10-6-4-8-13(20)15-19-18-14(22-15)12-7-3-5-9-17-12/h11-13,17H,3-10H2,1-2H3/t12-,13-/m0/s1. The molecule has 3 rings (SSSR count). The van der Waals surface area contributed by atoms with E-state index < -0.39 is 0 Å². The van der Waals surface area contributed by atoms with Gasteiger partial charge in [0.2, 0.25) is 17.7 Å². The van der Waals surface area contributed by atoms with Crippen LogP contribution in [0.2, 0.25) is 0 Å². The first kappa shape index (κ1) is 15.5. The second-order valence-corrected chi connectivity index (χ2v) is 6.68. The highest BCUT2D eigenvalue weighted by Gasteiger charge is 2.33. The number of likely N-dealkylation sites (tertiary alicyclic amines) is 1. The van der Waals surface area contributed by atoms with Gasteiger partial charge in [-0.15, -0.1) is 10.2 Å². The van der Waals surface area contributed by atoms with Gasteiger partial charge in [0.1, 0.15) is 6.04 Å². The third-order valence-corrected chi connectivity index (χ3v) is 4.63. The number of carbonyl (C=O) groups is 1. The van der Waals surface area contributed by atoms with E-state index in [1.807, 2.05) is 18.7 Å². The van der Waals surface area contributed by atoms with E-state index >= 15 is 0 Å². The minimum atomic E-state index is -0.0477. The number of hydrogen-bond acceptors (Lipinski definition) is 5. The lowest BCUT2D eigenvalue weighted by Crippen LogP contribution is -2.40. The summed E-state index contributed by atoms with van der Waals surface area (Å²) in [4.78, 5) is 14.3. The van der Waals surface area contributed by atoms with Crippen molar-refractivity contribution in [1.82, 2.24) is 20.4 Å². The van der Waals surface area contributed by atoms with Crippen LogP contribution in [-0.4, -0.2) is 34.1 Å². The lowest BCUT2D eigenvalue weighted by Gasteiger charge is -2.34. The Morgan fingerprint density at radius 1 is 1.18 bits per heavy atom. The number of hydrogen-bond donors (Lipinski definition) is 1. The lowest BCUT2D eigenvalue weighted by atomic mass is 10.00. The van der Waals surface area contributed by atoms with Gasteiger partial charge in [0.25, 0.3) is 0 Å². The van der Waals surface area contributed by atoms with Crippen molar-refractivity contribution < 1.29 is 9.21 Å². The van der Waals surface area contributed by atoms with Gasteiger partial charge in [0, 0.05) is 12.5 Å². The van der Waals surface area contributed by atoms with E-state index in [-0.39, 0.29) is 23.9 Å². The van der Waals surface area contributed by atoms with Crippen LogP contribution in [0.3, 0.4) is 0 Å². The molecule has 6 heteroatoms. The zero-order valence-corrected chi connectivity index (χ0v) is 13.5. The Kier molecular flexibility index (Phi) is 4.76. The maximum Gasteiger partial charge on any atom is 0.239 e. The first-order valence-corrected chi connectivity index (χ1v) is 8.54. The lowest BCUT2D eigenvalue weighted by molar-refractivity contribution is -0.139. The second kappa shape index (κ2) is 6.77. The average Bonchev–Trinajstić information content (AvgIpc) is 3.05. The largest absolute Gasteiger partial charge is 0.421 e. The zero-order chi connectivity index (χ0) is 15.5. The normalized spacial score (nSPS) is 26.4. The molecule has 2 saturated heterocycles. The van der Waals surface area contributed by atoms with Crippen LogP contribution in [0.5, 0.6) is 0 Å². The summed E-state index contributed by atoms with van der Waals surface area (Å²) in [5, 5.41) is 11.9. The number of nitrogens with one attached hydrogen (secondary N) is 1. The number of piperidine rings is 2. The van der Waals surface area contributed by atoms with E-state index in [0.717, 1.165) is 38.8 Å². The number of aromatic nitrogens is 2. The molecule has 122 valence electrons. The van der Waals surface area contributed by atoms with Gasteiger partial charge in [0.05, 0.1) is 6.04 Å². The van der Waals surface area contributed by atoms with E-state index in [9.17, 15) is 4.79 Å². The summed E-state index contributed by atoms with van der Waals surface area (Å²) in [6.45, 7) is 5.68. The molecule has 0 radical (unpaired) electrons. The van der Waals surface area contributed by atoms with E-state index in [0.29, 0.717) is 11.8 Å². The van der Waals surface area contributed by atoms with E-state index in [1.54, 1.807) is 0 Å². The van der Waals surface area contributed by atoms with Crippen LogP contribution in [0.15, 0.2) is 4.42 Å². The number of amides is 1. The summed E-state index contributed by atoms with van der Waals surface area (Å²) in [5.74, 6) is 1.47. The van der Waals surface area contributed by atoms with Crippen molar-refractivity contribution in [2.24, 2.45) is 5.92 Å². The van der Waals surface area contributed by atoms with Crippen molar-refractivity contribution in [1.29, 1.82) is 0 Å². The van der Waals surface area contributed by atoms with Gasteiger partial charge < -0.3 is 14.6 Å². The highest BCUT2D eigenvalue weighted by atomic mass is 16.4. The molecule has 1 N–H and O–H groups in total. The van der Waals surface area contributed by atoms with Crippen LogP contribution in [0.25, 0.3) is 0 Å². The van der Waals surface area contributed by atoms with E-state index in [4.69, 9.17) is 4.42 Å². The molecule has 1 amide bonds. The molecule has 0 aliphatic carbocycles. The van der Waals surface area contributed by atoms with Gasteiger partial charge in [-0.05, 0) is 38.6 Å². The average molecular weight is 306 g/mol. The SMILES string of the molecule is CC(C)C(=O)N1CCCC[C@H]1c1nnc([C@@H]2CCCCN2)o1. The van der Waals surface area contributed by atoms with Crippen molar-refractivity contribution in [3.63, 3.8) is 0 Å². The maximum atomic E-state index is 12.4. The molecule has 2 atom stereocenters. The van der Waals surface area contributed by atoms with Crippen molar-refractivity contribution in [3.8, 4) is 0 Å². The Bertz CT molecular complexity index is 508. The Labute approximate surface area is 131 Å². The van der Waals surface area contributed by atoms with Gasteiger partial charge in [-0.3, -0.25) is 4.79 Å². The fourth-order valence-electron chi connectivity index (χ4n) is 3.37. The summed E-state index contributed by atoms with van der Waals surface area (Å²) < 4.78 is 5.94. The summed E-state index contributed by atoms with van der Waals surface area (Å²) in [6, 6.07) is 0.126. The topological polar surface area (TPSA) is 71.3 Å². The molecule has 2 fully saturated rings. The third kappa shape index (κ3) is 3.16. The van der Waals surface area contributed by atoms with Gasteiger partial charge in [-0.25, -0.2) is 0 Å². The molecule has 1 aromatic heterocycles. The molecule has 0 aromatic carbocycles.